The molecule has 1 amide bonds. The molecule has 0 spiro atoms. The van der Waals surface area contributed by atoms with Crippen molar-refractivity contribution in [3.05, 3.63) is 35.9 Å². The van der Waals surface area contributed by atoms with Crippen LogP contribution in [0.3, 0.4) is 0 Å². The van der Waals surface area contributed by atoms with E-state index >= 15 is 0 Å². The quantitative estimate of drug-likeness (QED) is 0.895. The molecule has 0 saturated carbocycles. The number of rotatable bonds is 5. The van der Waals surface area contributed by atoms with Gasteiger partial charge in [0.25, 0.3) is 0 Å². The van der Waals surface area contributed by atoms with Crippen LogP contribution in [0.25, 0.3) is 0 Å². The van der Waals surface area contributed by atoms with Gasteiger partial charge >= 0.3 is 0 Å². The predicted molar refractivity (Wildman–Crippen MR) is 82.5 cm³/mol. The van der Waals surface area contributed by atoms with E-state index < -0.39 is 0 Å². The Bertz CT molecular complexity index is 438. The fourth-order valence-corrected chi connectivity index (χ4v) is 3.23. The van der Waals surface area contributed by atoms with E-state index in [9.17, 15) is 4.79 Å². The Morgan fingerprint density at radius 3 is 2.65 bits per heavy atom. The molecule has 1 N–H and O–H groups in total. The molecule has 3 heteroatoms. The number of benzene rings is 1. The van der Waals surface area contributed by atoms with Crippen molar-refractivity contribution in [2.45, 2.75) is 39.2 Å². The van der Waals surface area contributed by atoms with Crippen LogP contribution in [-0.4, -0.2) is 30.9 Å². The number of nitrogens with zero attached hydrogens (tertiary/aromatic N) is 1. The van der Waals surface area contributed by atoms with Crippen molar-refractivity contribution in [1.82, 2.24) is 10.2 Å². The first-order valence-electron chi connectivity index (χ1n) is 7.63. The molecule has 3 nitrogen and oxygen atoms in total. The molecule has 20 heavy (non-hydrogen) atoms. The van der Waals surface area contributed by atoms with Gasteiger partial charge in [-0.05, 0) is 31.9 Å². The maximum absolute atomic E-state index is 13.0. The Balaban J connectivity index is 2.15. The zero-order valence-corrected chi connectivity index (χ0v) is 12.9. The summed E-state index contributed by atoms with van der Waals surface area (Å²) in [4.78, 5) is 14.9. The number of carbonyl (C=O) groups is 1. The first kappa shape index (κ1) is 15.0. The third kappa shape index (κ3) is 2.88. The van der Waals surface area contributed by atoms with Gasteiger partial charge in [-0.2, -0.15) is 0 Å². The van der Waals surface area contributed by atoms with E-state index in [1.54, 1.807) is 0 Å². The highest BCUT2D eigenvalue weighted by molar-refractivity contribution is 5.83. The average Bonchev–Trinajstić information content (AvgIpc) is 2.96. The SMILES string of the molecule is CCCC1(C(=O)N(C)C(C)c2ccccc2)CCNC1. The van der Waals surface area contributed by atoms with Gasteiger partial charge in [-0.15, -0.1) is 0 Å². The molecular weight excluding hydrogens is 248 g/mol. The molecule has 2 rings (SSSR count). The zero-order chi connectivity index (χ0) is 14.6. The molecule has 0 radical (unpaired) electrons. The Labute approximate surface area is 122 Å². The largest absolute Gasteiger partial charge is 0.338 e. The van der Waals surface area contributed by atoms with E-state index in [4.69, 9.17) is 0 Å². The number of nitrogens with one attached hydrogen (secondary N) is 1. The average molecular weight is 274 g/mol. The van der Waals surface area contributed by atoms with Crippen LogP contribution in [-0.2, 0) is 4.79 Å². The van der Waals surface area contributed by atoms with E-state index in [1.807, 2.05) is 30.1 Å². The van der Waals surface area contributed by atoms with Crippen LogP contribution >= 0.6 is 0 Å². The van der Waals surface area contributed by atoms with Crippen LogP contribution < -0.4 is 5.32 Å². The van der Waals surface area contributed by atoms with Crippen LogP contribution in [0, 0.1) is 5.41 Å². The second kappa shape index (κ2) is 6.40. The molecule has 1 aliphatic heterocycles. The fraction of sp³-hybridized carbons (Fsp3) is 0.588. The Morgan fingerprint density at radius 2 is 2.10 bits per heavy atom. The second-order valence-electron chi connectivity index (χ2n) is 5.96. The molecule has 1 saturated heterocycles. The maximum atomic E-state index is 13.0. The highest BCUT2D eigenvalue weighted by Crippen LogP contribution is 2.35. The maximum Gasteiger partial charge on any atom is 0.230 e. The van der Waals surface area contributed by atoms with Crippen LogP contribution in [0.15, 0.2) is 30.3 Å². The van der Waals surface area contributed by atoms with Gasteiger partial charge in [0, 0.05) is 13.6 Å². The van der Waals surface area contributed by atoms with Gasteiger partial charge in [0.05, 0.1) is 11.5 Å². The van der Waals surface area contributed by atoms with Crippen molar-refractivity contribution in [1.29, 1.82) is 0 Å². The van der Waals surface area contributed by atoms with E-state index in [1.165, 1.54) is 5.56 Å². The third-order valence-electron chi connectivity index (χ3n) is 4.61. The molecule has 2 atom stereocenters. The van der Waals surface area contributed by atoms with Gasteiger partial charge in [0.15, 0.2) is 0 Å². The number of hydrogen-bond acceptors (Lipinski definition) is 2. The molecular formula is C17H26N2O. The molecule has 1 heterocycles. The van der Waals surface area contributed by atoms with Gasteiger partial charge in [0.1, 0.15) is 0 Å². The molecule has 110 valence electrons. The summed E-state index contributed by atoms with van der Waals surface area (Å²) >= 11 is 0. The minimum Gasteiger partial charge on any atom is -0.338 e. The Morgan fingerprint density at radius 1 is 1.40 bits per heavy atom. The number of carbonyl (C=O) groups excluding carboxylic acids is 1. The summed E-state index contributed by atoms with van der Waals surface area (Å²) in [5, 5.41) is 3.36. The summed E-state index contributed by atoms with van der Waals surface area (Å²) in [6, 6.07) is 10.4. The molecule has 1 fully saturated rings. The van der Waals surface area contributed by atoms with Crippen molar-refractivity contribution in [2.24, 2.45) is 5.41 Å². The van der Waals surface area contributed by atoms with Crippen molar-refractivity contribution in [3.63, 3.8) is 0 Å². The van der Waals surface area contributed by atoms with Crippen molar-refractivity contribution < 1.29 is 4.79 Å². The lowest BCUT2D eigenvalue weighted by atomic mass is 9.80. The van der Waals surface area contributed by atoms with E-state index in [0.717, 1.165) is 32.4 Å². The fourth-order valence-electron chi connectivity index (χ4n) is 3.23. The Kier molecular flexibility index (Phi) is 4.81. The first-order valence-corrected chi connectivity index (χ1v) is 7.63. The minimum atomic E-state index is -0.188. The lowest BCUT2D eigenvalue weighted by Gasteiger charge is -2.35. The van der Waals surface area contributed by atoms with E-state index in [-0.39, 0.29) is 11.5 Å². The van der Waals surface area contributed by atoms with Crippen LogP contribution in [0.1, 0.15) is 44.7 Å². The second-order valence-corrected chi connectivity index (χ2v) is 5.96. The smallest absolute Gasteiger partial charge is 0.230 e. The monoisotopic (exact) mass is 274 g/mol. The molecule has 1 aromatic rings. The molecule has 2 unspecified atom stereocenters. The van der Waals surface area contributed by atoms with E-state index in [2.05, 4.69) is 31.3 Å². The summed E-state index contributed by atoms with van der Waals surface area (Å²) < 4.78 is 0. The predicted octanol–water partition coefficient (Wildman–Crippen LogP) is 2.99. The summed E-state index contributed by atoms with van der Waals surface area (Å²) in [5.74, 6) is 0.292. The lowest BCUT2D eigenvalue weighted by molar-refractivity contribution is -0.142. The van der Waals surface area contributed by atoms with E-state index in [0.29, 0.717) is 5.91 Å². The van der Waals surface area contributed by atoms with Crippen molar-refractivity contribution >= 4 is 5.91 Å². The van der Waals surface area contributed by atoms with Crippen molar-refractivity contribution in [3.8, 4) is 0 Å². The van der Waals surface area contributed by atoms with Crippen LogP contribution in [0.2, 0.25) is 0 Å². The standard InChI is InChI=1S/C17H26N2O/c1-4-10-17(11-12-18-13-17)16(20)19(3)14(2)15-8-6-5-7-9-15/h5-9,14,18H,4,10-13H2,1-3H3. The van der Waals surface area contributed by atoms with Gasteiger partial charge in [0.2, 0.25) is 5.91 Å². The highest BCUT2D eigenvalue weighted by atomic mass is 16.2. The molecule has 0 aromatic heterocycles. The Hall–Kier alpha value is -1.35. The van der Waals surface area contributed by atoms with Gasteiger partial charge in [-0.1, -0.05) is 43.7 Å². The highest BCUT2D eigenvalue weighted by Gasteiger charge is 2.42. The van der Waals surface area contributed by atoms with Gasteiger partial charge < -0.3 is 10.2 Å². The normalized spacial score (nSPS) is 23.6. The third-order valence-corrected chi connectivity index (χ3v) is 4.61. The summed E-state index contributed by atoms with van der Waals surface area (Å²) in [6.45, 7) is 6.05. The zero-order valence-electron chi connectivity index (χ0n) is 12.9. The summed E-state index contributed by atoms with van der Waals surface area (Å²) in [5.41, 5.74) is 1.01. The molecule has 0 aliphatic carbocycles. The van der Waals surface area contributed by atoms with Crippen LogP contribution in [0.4, 0.5) is 0 Å². The molecule has 1 aromatic carbocycles. The van der Waals surface area contributed by atoms with Gasteiger partial charge in [-0.25, -0.2) is 0 Å². The minimum absolute atomic E-state index is 0.123. The number of hydrogen-bond donors (Lipinski definition) is 1. The topological polar surface area (TPSA) is 32.3 Å². The summed E-state index contributed by atoms with van der Waals surface area (Å²) in [6.07, 6.45) is 3.00. The van der Waals surface area contributed by atoms with Crippen molar-refractivity contribution in [2.75, 3.05) is 20.1 Å². The summed E-state index contributed by atoms with van der Waals surface area (Å²) in [7, 11) is 1.94. The number of amides is 1. The molecule has 1 aliphatic rings. The first-order chi connectivity index (χ1) is 9.60. The van der Waals surface area contributed by atoms with Crippen LogP contribution in [0.5, 0.6) is 0 Å². The molecule has 0 bridgehead atoms. The lowest BCUT2D eigenvalue weighted by Crippen LogP contribution is -2.44. The van der Waals surface area contributed by atoms with Gasteiger partial charge in [-0.3, -0.25) is 4.79 Å².